The number of rotatable bonds is 5. The van der Waals surface area contributed by atoms with Crippen LogP contribution in [-0.4, -0.2) is 31.3 Å². The van der Waals surface area contributed by atoms with Crippen molar-refractivity contribution >= 4 is 17.0 Å². The van der Waals surface area contributed by atoms with Crippen molar-refractivity contribution in [2.45, 2.75) is 39.3 Å². The monoisotopic (exact) mass is 345 g/mol. The van der Waals surface area contributed by atoms with Crippen molar-refractivity contribution in [3.63, 3.8) is 0 Å². The van der Waals surface area contributed by atoms with E-state index in [9.17, 15) is 0 Å². The van der Waals surface area contributed by atoms with E-state index in [0.717, 1.165) is 45.1 Å². The van der Waals surface area contributed by atoms with Crippen LogP contribution >= 0.6 is 11.3 Å². The Balaban J connectivity index is 1.60. The Kier molecular flexibility index (Phi) is 5.54. The van der Waals surface area contributed by atoms with Gasteiger partial charge >= 0.3 is 0 Å². The molecule has 130 valence electrons. The number of hydrogen-bond acceptors (Lipinski definition) is 5. The van der Waals surface area contributed by atoms with Crippen molar-refractivity contribution in [1.82, 2.24) is 10.3 Å². The zero-order valence-corrected chi connectivity index (χ0v) is 15.7. The second kappa shape index (κ2) is 7.64. The minimum atomic E-state index is 0.131. The lowest BCUT2D eigenvalue weighted by molar-refractivity contribution is 0.122. The molecule has 24 heavy (non-hydrogen) atoms. The number of hydrogen-bond donors (Lipinski definition) is 1. The van der Waals surface area contributed by atoms with E-state index in [1.54, 1.807) is 11.3 Å². The van der Waals surface area contributed by atoms with Gasteiger partial charge in [0.2, 0.25) is 0 Å². The normalized spacial score (nSPS) is 15.7. The van der Waals surface area contributed by atoms with Crippen molar-refractivity contribution < 1.29 is 4.74 Å². The molecule has 1 N–H and O–H groups in total. The molecule has 4 nitrogen and oxygen atoms in total. The van der Waals surface area contributed by atoms with E-state index in [-0.39, 0.29) is 5.41 Å². The molecule has 3 rings (SSSR count). The van der Waals surface area contributed by atoms with Gasteiger partial charge in [0.25, 0.3) is 0 Å². The van der Waals surface area contributed by atoms with E-state index in [4.69, 9.17) is 9.72 Å². The van der Waals surface area contributed by atoms with Crippen LogP contribution in [0.2, 0.25) is 0 Å². The largest absolute Gasteiger partial charge is 0.378 e. The number of ether oxygens (including phenoxy) is 1. The molecule has 0 bridgehead atoms. The highest BCUT2D eigenvalue weighted by atomic mass is 32.1. The van der Waals surface area contributed by atoms with Gasteiger partial charge in [-0.15, -0.1) is 11.3 Å². The molecule has 1 fully saturated rings. The Hall–Kier alpha value is -1.43. The number of para-hydroxylation sites is 1. The molecule has 1 saturated heterocycles. The van der Waals surface area contributed by atoms with Crippen LogP contribution < -0.4 is 10.2 Å². The van der Waals surface area contributed by atoms with Gasteiger partial charge in [0.05, 0.1) is 23.9 Å². The predicted molar refractivity (Wildman–Crippen MR) is 101 cm³/mol. The van der Waals surface area contributed by atoms with Gasteiger partial charge in [0, 0.05) is 42.7 Å². The highest BCUT2D eigenvalue weighted by Crippen LogP contribution is 2.26. The topological polar surface area (TPSA) is 37.4 Å². The van der Waals surface area contributed by atoms with Gasteiger partial charge in [0.1, 0.15) is 0 Å². The van der Waals surface area contributed by atoms with Crippen molar-refractivity contribution in [3.05, 3.63) is 45.9 Å². The third kappa shape index (κ3) is 4.35. The number of thiazole rings is 1. The number of aromatic nitrogens is 1. The zero-order valence-electron chi connectivity index (χ0n) is 14.8. The fourth-order valence-corrected chi connectivity index (χ4v) is 3.74. The van der Waals surface area contributed by atoms with Crippen molar-refractivity contribution in [3.8, 4) is 0 Å². The zero-order chi connectivity index (χ0) is 17.0. The molecule has 0 atom stereocenters. The molecule has 5 heteroatoms. The summed E-state index contributed by atoms with van der Waals surface area (Å²) in [5, 5.41) is 6.92. The average molecular weight is 346 g/mol. The molecule has 1 aromatic heterocycles. The Bertz CT molecular complexity index is 657. The average Bonchev–Trinajstić information content (AvgIpc) is 3.05. The lowest BCUT2D eigenvalue weighted by Crippen LogP contribution is -2.37. The van der Waals surface area contributed by atoms with Crippen LogP contribution in [0, 0.1) is 0 Å². The van der Waals surface area contributed by atoms with E-state index in [1.807, 2.05) is 0 Å². The molecule has 2 aromatic rings. The SMILES string of the molecule is CC(C)(C)c1nc(CNCc2ccccc2N2CCOCC2)cs1. The van der Waals surface area contributed by atoms with Gasteiger partial charge in [-0.25, -0.2) is 4.98 Å². The Morgan fingerprint density at radius 2 is 1.92 bits per heavy atom. The van der Waals surface area contributed by atoms with Gasteiger partial charge in [0.15, 0.2) is 0 Å². The lowest BCUT2D eigenvalue weighted by atomic mass is 9.98. The summed E-state index contributed by atoms with van der Waals surface area (Å²) in [6, 6.07) is 8.65. The van der Waals surface area contributed by atoms with Crippen LogP contribution in [0.15, 0.2) is 29.6 Å². The van der Waals surface area contributed by atoms with Crippen LogP contribution in [0.4, 0.5) is 5.69 Å². The molecule has 0 spiro atoms. The minimum absolute atomic E-state index is 0.131. The summed E-state index contributed by atoms with van der Waals surface area (Å²) in [6.07, 6.45) is 0. The Morgan fingerprint density at radius 3 is 2.62 bits per heavy atom. The molecule has 2 heterocycles. The Labute approximate surface area is 148 Å². The van der Waals surface area contributed by atoms with Gasteiger partial charge in [-0.1, -0.05) is 39.0 Å². The summed E-state index contributed by atoms with van der Waals surface area (Å²) in [5.74, 6) is 0. The molecule has 0 unspecified atom stereocenters. The smallest absolute Gasteiger partial charge is 0.0982 e. The van der Waals surface area contributed by atoms with Crippen LogP contribution in [-0.2, 0) is 23.2 Å². The molecule has 1 aliphatic heterocycles. The Morgan fingerprint density at radius 1 is 1.17 bits per heavy atom. The standard InChI is InChI=1S/C19H27N3OS/c1-19(2,3)18-21-16(14-24-18)13-20-12-15-6-4-5-7-17(15)22-8-10-23-11-9-22/h4-7,14,20H,8-13H2,1-3H3. The van der Waals surface area contributed by atoms with Gasteiger partial charge in [-0.05, 0) is 11.6 Å². The third-order valence-corrected chi connectivity index (χ3v) is 5.48. The fraction of sp³-hybridized carbons (Fsp3) is 0.526. The molecule has 1 aromatic carbocycles. The molecule has 0 aliphatic carbocycles. The second-order valence-electron chi connectivity index (χ2n) is 7.23. The minimum Gasteiger partial charge on any atom is -0.378 e. The van der Waals surface area contributed by atoms with Crippen LogP contribution in [0.25, 0.3) is 0 Å². The summed E-state index contributed by atoms with van der Waals surface area (Å²) in [6.45, 7) is 11.9. The molecular weight excluding hydrogens is 318 g/mol. The molecule has 0 amide bonds. The second-order valence-corrected chi connectivity index (χ2v) is 8.08. The number of benzene rings is 1. The van der Waals surface area contributed by atoms with E-state index in [1.165, 1.54) is 16.3 Å². The van der Waals surface area contributed by atoms with E-state index < -0.39 is 0 Å². The first kappa shape index (κ1) is 17.4. The maximum atomic E-state index is 5.47. The van der Waals surface area contributed by atoms with E-state index in [0.29, 0.717) is 0 Å². The van der Waals surface area contributed by atoms with Crippen molar-refractivity contribution in [2.24, 2.45) is 0 Å². The number of anilines is 1. The summed E-state index contributed by atoms with van der Waals surface area (Å²) in [5.41, 5.74) is 3.92. The highest BCUT2D eigenvalue weighted by Gasteiger charge is 2.18. The highest BCUT2D eigenvalue weighted by molar-refractivity contribution is 7.09. The van der Waals surface area contributed by atoms with Crippen molar-refractivity contribution in [1.29, 1.82) is 0 Å². The quantitative estimate of drug-likeness (QED) is 0.899. The molecular formula is C19H27N3OS. The maximum absolute atomic E-state index is 5.47. The number of nitrogens with zero attached hydrogens (tertiary/aromatic N) is 2. The predicted octanol–water partition coefficient (Wildman–Crippen LogP) is 3.57. The summed E-state index contributed by atoms with van der Waals surface area (Å²) in [7, 11) is 0. The molecule has 0 saturated carbocycles. The van der Waals surface area contributed by atoms with Crippen LogP contribution in [0.5, 0.6) is 0 Å². The van der Waals surface area contributed by atoms with E-state index in [2.05, 4.69) is 60.6 Å². The van der Waals surface area contributed by atoms with E-state index >= 15 is 0 Å². The summed E-state index contributed by atoms with van der Waals surface area (Å²) in [4.78, 5) is 7.17. The van der Waals surface area contributed by atoms with Crippen molar-refractivity contribution in [2.75, 3.05) is 31.2 Å². The molecule has 1 aliphatic rings. The van der Waals surface area contributed by atoms with Gasteiger partial charge in [-0.3, -0.25) is 0 Å². The first-order valence-corrected chi connectivity index (χ1v) is 9.48. The lowest BCUT2D eigenvalue weighted by Gasteiger charge is -2.30. The first-order chi connectivity index (χ1) is 11.5. The third-order valence-electron chi connectivity index (χ3n) is 4.16. The first-order valence-electron chi connectivity index (χ1n) is 8.60. The summed E-state index contributed by atoms with van der Waals surface area (Å²) < 4.78 is 5.47. The van der Waals surface area contributed by atoms with Gasteiger partial charge < -0.3 is 15.0 Å². The van der Waals surface area contributed by atoms with Gasteiger partial charge in [-0.2, -0.15) is 0 Å². The fourth-order valence-electron chi connectivity index (χ4n) is 2.83. The summed E-state index contributed by atoms with van der Waals surface area (Å²) >= 11 is 1.76. The number of morpholine rings is 1. The van der Waals surface area contributed by atoms with Crippen LogP contribution in [0.1, 0.15) is 37.0 Å². The number of nitrogens with one attached hydrogen (secondary N) is 1. The maximum Gasteiger partial charge on any atom is 0.0982 e. The molecule has 0 radical (unpaired) electrons. The van der Waals surface area contributed by atoms with Crippen LogP contribution in [0.3, 0.4) is 0 Å².